The molecule has 1 amide bonds. The Morgan fingerprint density at radius 2 is 1.61 bits per heavy atom. The summed E-state index contributed by atoms with van der Waals surface area (Å²) in [7, 11) is 0. The van der Waals surface area contributed by atoms with Crippen molar-refractivity contribution < 1.29 is 9.18 Å². The smallest absolute Gasteiger partial charge is 0.233 e. The first-order chi connectivity index (χ1) is 15.9. The molecule has 6 nitrogen and oxygen atoms in total. The number of carbonyl (C=O) groups excluding carboxylic acids is 1. The summed E-state index contributed by atoms with van der Waals surface area (Å²) in [5.74, 6) is 1.31. The van der Waals surface area contributed by atoms with E-state index < -0.39 is 5.41 Å². The lowest BCUT2D eigenvalue weighted by atomic mass is 9.94. The molecule has 2 aromatic carbocycles. The van der Waals surface area contributed by atoms with E-state index in [4.69, 9.17) is 4.98 Å². The molecular weight excluding hydrogens is 417 g/mol. The van der Waals surface area contributed by atoms with E-state index in [9.17, 15) is 9.18 Å². The SMILES string of the molecule is Cc1ccc(Nc2cc(C)nc(N3CCN(C(=O)C4(c5ccc(F)cc5)CC4)CC3)n2)cc1. The van der Waals surface area contributed by atoms with Gasteiger partial charge < -0.3 is 15.1 Å². The van der Waals surface area contributed by atoms with E-state index in [1.165, 1.54) is 17.7 Å². The summed E-state index contributed by atoms with van der Waals surface area (Å²) in [6.45, 7) is 6.63. The third-order valence-corrected chi connectivity index (χ3v) is 6.57. The highest BCUT2D eigenvalue weighted by atomic mass is 19.1. The van der Waals surface area contributed by atoms with Gasteiger partial charge in [0.25, 0.3) is 0 Å². The first-order valence-electron chi connectivity index (χ1n) is 11.4. The van der Waals surface area contributed by atoms with Crippen molar-refractivity contribution in [3.05, 3.63) is 77.2 Å². The highest BCUT2D eigenvalue weighted by molar-refractivity contribution is 5.91. The van der Waals surface area contributed by atoms with Crippen molar-refractivity contribution in [3.63, 3.8) is 0 Å². The molecule has 2 fully saturated rings. The second-order valence-corrected chi connectivity index (χ2v) is 9.05. The van der Waals surface area contributed by atoms with Crippen LogP contribution in [0.2, 0.25) is 0 Å². The fraction of sp³-hybridized carbons (Fsp3) is 0.346. The molecule has 33 heavy (non-hydrogen) atoms. The monoisotopic (exact) mass is 445 g/mol. The third-order valence-electron chi connectivity index (χ3n) is 6.57. The van der Waals surface area contributed by atoms with E-state index in [0.717, 1.165) is 35.6 Å². The molecule has 0 unspecified atom stereocenters. The molecule has 0 radical (unpaired) electrons. The van der Waals surface area contributed by atoms with Crippen LogP contribution < -0.4 is 10.2 Å². The lowest BCUT2D eigenvalue weighted by molar-refractivity contribution is -0.134. The predicted octanol–water partition coefficient (Wildman–Crippen LogP) is 4.36. The van der Waals surface area contributed by atoms with E-state index in [0.29, 0.717) is 32.1 Å². The minimum absolute atomic E-state index is 0.153. The maximum absolute atomic E-state index is 13.3. The van der Waals surface area contributed by atoms with Crippen LogP contribution >= 0.6 is 0 Å². The molecule has 2 aliphatic rings. The lowest BCUT2D eigenvalue weighted by Crippen LogP contribution is -2.52. The Labute approximate surface area is 193 Å². The van der Waals surface area contributed by atoms with Crippen LogP contribution in [0.4, 0.5) is 21.8 Å². The minimum Gasteiger partial charge on any atom is -0.340 e. The highest BCUT2D eigenvalue weighted by Crippen LogP contribution is 2.49. The Morgan fingerprint density at radius 3 is 2.24 bits per heavy atom. The molecular formula is C26H28FN5O. The van der Waals surface area contributed by atoms with Crippen molar-refractivity contribution in [2.75, 3.05) is 36.4 Å². The van der Waals surface area contributed by atoms with Crippen molar-refractivity contribution in [3.8, 4) is 0 Å². The largest absolute Gasteiger partial charge is 0.340 e. The van der Waals surface area contributed by atoms with E-state index in [1.807, 2.05) is 30.0 Å². The van der Waals surface area contributed by atoms with Gasteiger partial charge in [0.05, 0.1) is 5.41 Å². The van der Waals surface area contributed by atoms with Crippen LogP contribution in [0, 0.1) is 19.7 Å². The Morgan fingerprint density at radius 1 is 0.939 bits per heavy atom. The van der Waals surface area contributed by atoms with Gasteiger partial charge in [-0.25, -0.2) is 9.37 Å². The van der Waals surface area contributed by atoms with Gasteiger partial charge in [-0.3, -0.25) is 4.79 Å². The van der Waals surface area contributed by atoms with Crippen molar-refractivity contribution in [1.29, 1.82) is 0 Å². The molecule has 1 saturated heterocycles. The summed E-state index contributed by atoms with van der Waals surface area (Å²) in [5, 5.41) is 3.36. The zero-order chi connectivity index (χ0) is 23.0. The number of aromatic nitrogens is 2. The quantitative estimate of drug-likeness (QED) is 0.633. The predicted molar refractivity (Wildman–Crippen MR) is 127 cm³/mol. The van der Waals surface area contributed by atoms with E-state index in [-0.39, 0.29) is 11.7 Å². The van der Waals surface area contributed by atoms with Crippen LogP contribution in [0.3, 0.4) is 0 Å². The average Bonchev–Trinajstić information content (AvgIpc) is 3.62. The van der Waals surface area contributed by atoms with Gasteiger partial charge in [0.2, 0.25) is 11.9 Å². The van der Waals surface area contributed by atoms with Crippen molar-refractivity contribution in [1.82, 2.24) is 14.9 Å². The molecule has 0 spiro atoms. The van der Waals surface area contributed by atoms with Crippen molar-refractivity contribution >= 4 is 23.4 Å². The maximum atomic E-state index is 13.3. The average molecular weight is 446 g/mol. The first-order valence-corrected chi connectivity index (χ1v) is 11.4. The van der Waals surface area contributed by atoms with Gasteiger partial charge in [0.15, 0.2) is 0 Å². The molecule has 1 aromatic heterocycles. The number of aryl methyl sites for hydroxylation is 2. The number of rotatable bonds is 5. The molecule has 1 N–H and O–H groups in total. The van der Waals surface area contributed by atoms with Gasteiger partial charge in [-0.15, -0.1) is 0 Å². The summed E-state index contributed by atoms with van der Waals surface area (Å²) in [6.07, 6.45) is 1.65. The number of piperazine rings is 1. The molecule has 0 atom stereocenters. The van der Waals surface area contributed by atoms with Crippen LogP contribution in [-0.2, 0) is 10.2 Å². The topological polar surface area (TPSA) is 61.4 Å². The first kappa shape index (κ1) is 21.4. The fourth-order valence-corrected chi connectivity index (χ4v) is 4.48. The number of halogens is 1. The number of amides is 1. The summed E-state index contributed by atoms with van der Waals surface area (Å²) in [6, 6.07) is 16.5. The second-order valence-electron chi connectivity index (χ2n) is 9.05. The Balaban J connectivity index is 1.25. The molecule has 2 heterocycles. The molecule has 1 saturated carbocycles. The second kappa shape index (κ2) is 8.46. The minimum atomic E-state index is -0.471. The molecule has 1 aliphatic carbocycles. The number of carbonyl (C=O) groups is 1. The van der Waals surface area contributed by atoms with Crippen LogP contribution in [0.5, 0.6) is 0 Å². The van der Waals surface area contributed by atoms with E-state index >= 15 is 0 Å². The molecule has 5 rings (SSSR count). The van der Waals surface area contributed by atoms with Crippen LogP contribution in [-0.4, -0.2) is 47.0 Å². The number of nitrogens with zero attached hydrogens (tertiary/aromatic N) is 4. The van der Waals surface area contributed by atoms with Gasteiger partial charge in [-0.2, -0.15) is 4.98 Å². The van der Waals surface area contributed by atoms with Gasteiger partial charge >= 0.3 is 0 Å². The number of anilines is 3. The summed E-state index contributed by atoms with van der Waals surface area (Å²) >= 11 is 0. The zero-order valence-corrected chi connectivity index (χ0v) is 19.0. The van der Waals surface area contributed by atoms with Gasteiger partial charge in [0, 0.05) is 43.6 Å². The normalized spacial score (nSPS) is 17.1. The molecule has 0 bridgehead atoms. The summed E-state index contributed by atoms with van der Waals surface area (Å²) in [5.41, 5.74) is 3.53. The Kier molecular flexibility index (Phi) is 5.48. The van der Waals surface area contributed by atoms with Crippen LogP contribution in [0.1, 0.15) is 29.7 Å². The summed E-state index contributed by atoms with van der Waals surface area (Å²) in [4.78, 5) is 26.8. The molecule has 3 aromatic rings. The highest BCUT2D eigenvalue weighted by Gasteiger charge is 2.53. The van der Waals surface area contributed by atoms with Gasteiger partial charge in [0.1, 0.15) is 11.6 Å². The molecule has 7 heteroatoms. The van der Waals surface area contributed by atoms with Crippen molar-refractivity contribution in [2.24, 2.45) is 0 Å². The van der Waals surface area contributed by atoms with Crippen molar-refractivity contribution in [2.45, 2.75) is 32.1 Å². The zero-order valence-electron chi connectivity index (χ0n) is 19.0. The number of hydrogen-bond donors (Lipinski definition) is 1. The Hall–Kier alpha value is -3.48. The molecule has 170 valence electrons. The fourth-order valence-electron chi connectivity index (χ4n) is 4.48. The number of benzene rings is 2. The maximum Gasteiger partial charge on any atom is 0.233 e. The van der Waals surface area contributed by atoms with Crippen LogP contribution in [0.15, 0.2) is 54.6 Å². The number of nitrogens with one attached hydrogen (secondary N) is 1. The van der Waals surface area contributed by atoms with Crippen LogP contribution in [0.25, 0.3) is 0 Å². The van der Waals surface area contributed by atoms with Gasteiger partial charge in [-0.1, -0.05) is 29.8 Å². The van der Waals surface area contributed by atoms with E-state index in [2.05, 4.69) is 34.3 Å². The summed E-state index contributed by atoms with van der Waals surface area (Å²) < 4.78 is 13.3. The van der Waals surface area contributed by atoms with Gasteiger partial charge in [-0.05, 0) is 56.5 Å². The Bertz CT molecular complexity index is 1150. The van der Waals surface area contributed by atoms with E-state index in [1.54, 1.807) is 12.1 Å². The standard InChI is InChI=1S/C26H28FN5O/c1-18-3-9-22(10-4-18)29-23-17-19(2)28-25(30-23)32-15-13-31(14-16-32)24(33)26(11-12-26)20-5-7-21(27)8-6-20/h3-10,17H,11-16H2,1-2H3,(H,28,29,30). The lowest BCUT2D eigenvalue weighted by Gasteiger charge is -2.37. The third kappa shape index (κ3) is 4.40. The molecule has 1 aliphatic heterocycles. The number of hydrogen-bond acceptors (Lipinski definition) is 5.